The zero-order valence-electron chi connectivity index (χ0n) is 12.4. The summed E-state index contributed by atoms with van der Waals surface area (Å²) >= 11 is 3.22. The van der Waals surface area contributed by atoms with Gasteiger partial charge in [-0.2, -0.15) is 0 Å². The van der Waals surface area contributed by atoms with Gasteiger partial charge in [-0.1, -0.05) is 11.8 Å². The third-order valence-electron chi connectivity index (χ3n) is 3.23. The number of thiophene rings is 1. The van der Waals surface area contributed by atoms with E-state index in [1.807, 2.05) is 14.0 Å². The molecule has 3 aromatic rings. The average molecular weight is 320 g/mol. The lowest BCUT2D eigenvalue weighted by molar-refractivity contribution is 0.454. The molecule has 0 saturated carbocycles. The quantitative estimate of drug-likeness (QED) is 0.735. The Balaban J connectivity index is 1.92. The molecule has 0 bridgehead atoms. The number of aryl methyl sites for hydroxylation is 3. The van der Waals surface area contributed by atoms with E-state index in [4.69, 9.17) is 4.42 Å². The minimum absolute atomic E-state index is 0.639. The molecule has 7 heteroatoms. The summed E-state index contributed by atoms with van der Waals surface area (Å²) in [6.45, 7) is 6.14. The summed E-state index contributed by atoms with van der Waals surface area (Å²) in [4.78, 5) is 15.9. The Kier molecular flexibility index (Phi) is 3.86. The summed E-state index contributed by atoms with van der Waals surface area (Å²) in [7, 11) is 1.89. The van der Waals surface area contributed by atoms with Gasteiger partial charge in [0.2, 0.25) is 0 Å². The molecule has 0 aliphatic carbocycles. The molecule has 0 fully saturated rings. The number of rotatable bonds is 4. The molecule has 21 heavy (non-hydrogen) atoms. The van der Waals surface area contributed by atoms with Crippen LogP contribution in [0.4, 0.5) is 5.82 Å². The van der Waals surface area contributed by atoms with E-state index in [-0.39, 0.29) is 0 Å². The highest BCUT2D eigenvalue weighted by atomic mass is 32.2. The summed E-state index contributed by atoms with van der Waals surface area (Å²) < 4.78 is 5.34. The number of anilines is 1. The highest BCUT2D eigenvalue weighted by Gasteiger charge is 2.14. The minimum atomic E-state index is 0.639. The zero-order chi connectivity index (χ0) is 15.0. The Labute approximate surface area is 131 Å². The lowest BCUT2D eigenvalue weighted by Gasteiger charge is -2.05. The molecule has 0 aliphatic rings. The molecule has 3 heterocycles. The van der Waals surface area contributed by atoms with Gasteiger partial charge < -0.3 is 9.73 Å². The van der Waals surface area contributed by atoms with Crippen molar-refractivity contribution < 1.29 is 4.42 Å². The van der Waals surface area contributed by atoms with Crippen molar-refractivity contribution in [3.8, 4) is 0 Å². The Bertz CT molecular complexity index is 794. The van der Waals surface area contributed by atoms with Crippen LogP contribution in [0, 0.1) is 20.8 Å². The van der Waals surface area contributed by atoms with E-state index in [2.05, 4.69) is 34.1 Å². The van der Waals surface area contributed by atoms with Crippen LogP contribution in [0.15, 0.2) is 15.9 Å². The predicted octanol–water partition coefficient (Wildman–Crippen LogP) is 3.94. The SMILES string of the molecule is CNc1nc(CSc2nc(C)co2)nc2sc(C)c(C)c12. The summed E-state index contributed by atoms with van der Waals surface area (Å²) in [5.74, 6) is 2.32. The molecule has 3 rings (SSSR count). The van der Waals surface area contributed by atoms with Crippen LogP contribution in [0.25, 0.3) is 10.2 Å². The van der Waals surface area contributed by atoms with Crippen LogP contribution < -0.4 is 5.32 Å². The van der Waals surface area contributed by atoms with E-state index in [1.54, 1.807) is 17.6 Å². The van der Waals surface area contributed by atoms with Gasteiger partial charge in [0.1, 0.15) is 22.7 Å². The molecule has 0 aliphatic heterocycles. The smallest absolute Gasteiger partial charge is 0.256 e. The molecule has 0 amide bonds. The Morgan fingerprint density at radius 1 is 1.24 bits per heavy atom. The molecule has 5 nitrogen and oxygen atoms in total. The monoisotopic (exact) mass is 320 g/mol. The van der Waals surface area contributed by atoms with Crippen molar-refractivity contribution in [2.45, 2.75) is 31.7 Å². The minimum Gasteiger partial charge on any atom is -0.440 e. The van der Waals surface area contributed by atoms with E-state index in [1.165, 1.54) is 22.2 Å². The number of oxazole rings is 1. The standard InChI is InChI=1S/C14H16N4OS2/c1-7-5-19-14(16-7)20-6-10-17-12(15-4)11-8(2)9(3)21-13(11)18-10/h5H,6H2,1-4H3,(H,15,17,18). The van der Waals surface area contributed by atoms with Crippen LogP contribution in [0.1, 0.15) is 22.0 Å². The number of thioether (sulfide) groups is 1. The predicted molar refractivity (Wildman–Crippen MR) is 87.2 cm³/mol. The van der Waals surface area contributed by atoms with Crippen LogP contribution in [-0.4, -0.2) is 22.0 Å². The Morgan fingerprint density at radius 3 is 2.71 bits per heavy atom. The van der Waals surface area contributed by atoms with Crippen LogP contribution >= 0.6 is 23.1 Å². The van der Waals surface area contributed by atoms with Crippen molar-refractivity contribution in [3.63, 3.8) is 0 Å². The van der Waals surface area contributed by atoms with Gasteiger partial charge in [-0.3, -0.25) is 0 Å². The lowest BCUT2D eigenvalue weighted by atomic mass is 10.2. The van der Waals surface area contributed by atoms with E-state index in [0.29, 0.717) is 11.0 Å². The molecule has 0 saturated heterocycles. The molecule has 0 unspecified atom stereocenters. The van der Waals surface area contributed by atoms with Gasteiger partial charge in [0, 0.05) is 11.9 Å². The summed E-state index contributed by atoms with van der Waals surface area (Å²) in [5, 5.41) is 4.95. The van der Waals surface area contributed by atoms with Crippen molar-refractivity contribution >= 4 is 39.1 Å². The molecular formula is C14H16N4OS2. The van der Waals surface area contributed by atoms with E-state index in [9.17, 15) is 0 Å². The van der Waals surface area contributed by atoms with Crippen molar-refractivity contribution in [1.82, 2.24) is 15.0 Å². The normalized spacial score (nSPS) is 11.2. The molecule has 3 aromatic heterocycles. The van der Waals surface area contributed by atoms with Crippen LogP contribution in [-0.2, 0) is 5.75 Å². The molecule has 0 atom stereocenters. The maximum atomic E-state index is 5.34. The fraction of sp³-hybridized carbons (Fsp3) is 0.357. The Hall–Kier alpha value is -1.60. The van der Waals surface area contributed by atoms with Crippen LogP contribution in [0.5, 0.6) is 0 Å². The van der Waals surface area contributed by atoms with Crippen molar-refractivity contribution in [2.24, 2.45) is 0 Å². The fourth-order valence-electron chi connectivity index (χ4n) is 2.06. The third kappa shape index (κ3) is 2.75. The van der Waals surface area contributed by atoms with E-state index in [0.717, 1.165) is 27.6 Å². The van der Waals surface area contributed by atoms with Gasteiger partial charge in [-0.25, -0.2) is 15.0 Å². The first kappa shape index (κ1) is 14.3. The van der Waals surface area contributed by atoms with Gasteiger partial charge in [0.05, 0.1) is 16.8 Å². The molecule has 110 valence electrons. The van der Waals surface area contributed by atoms with Gasteiger partial charge in [-0.15, -0.1) is 11.3 Å². The maximum absolute atomic E-state index is 5.34. The largest absolute Gasteiger partial charge is 0.440 e. The first-order valence-corrected chi connectivity index (χ1v) is 8.38. The molecule has 0 radical (unpaired) electrons. The van der Waals surface area contributed by atoms with Crippen molar-refractivity contribution in [1.29, 1.82) is 0 Å². The second-order valence-electron chi connectivity index (χ2n) is 4.75. The van der Waals surface area contributed by atoms with Gasteiger partial charge in [0.25, 0.3) is 5.22 Å². The van der Waals surface area contributed by atoms with Gasteiger partial charge in [-0.05, 0) is 26.3 Å². The maximum Gasteiger partial charge on any atom is 0.256 e. The Morgan fingerprint density at radius 2 is 2.05 bits per heavy atom. The second-order valence-corrected chi connectivity index (χ2v) is 6.88. The highest BCUT2D eigenvalue weighted by Crippen LogP contribution is 2.33. The summed E-state index contributed by atoms with van der Waals surface area (Å²) in [5.41, 5.74) is 2.14. The third-order valence-corrected chi connectivity index (χ3v) is 5.17. The van der Waals surface area contributed by atoms with E-state index >= 15 is 0 Å². The van der Waals surface area contributed by atoms with Crippen LogP contribution in [0.3, 0.4) is 0 Å². The first-order chi connectivity index (χ1) is 10.1. The summed E-state index contributed by atoms with van der Waals surface area (Å²) in [6, 6.07) is 0. The van der Waals surface area contributed by atoms with Gasteiger partial charge >= 0.3 is 0 Å². The summed E-state index contributed by atoms with van der Waals surface area (Å²) in [6.07, 6.45) is 1.65. The van der Waals surface area contributed by atoms with Gasteiger partial charge in [0.15, 0.2) is 0 Å². The fourth-order valence-corrected chi connectivity index (χ4v) is 3.82. The van der Waals surface area contributed by atoms with Crippen LogP contribution in [0.2, 0.25) is 0 Å². The topological polar surface area (TPSA) is 63.8 Å². The molecule has 0 aromatic carbocycles. The number of hydrogen-bond acceptors (Lipinski definition) is 7. The average Bonchev–Trinajstić information content (AvgIpc) is 3.00. The van der Waals surface area contributed by atoms with Crippen molar-refractivity contribution in [2.75, 3.05) is 12.4 Å². The number of nitrogens with zero attached hydrogens (tertiary/aromatic N) is 3. The second kappa shape index (κ2) is 5.65. The molecule has 0 spiro atoms. The van der Waals surface area contributed by atoms with E-state index < -0.39 is 0 Å². The lowest BCUT2D eigenvalue weighted by Crippen LogP contribution is -2.00. The van der Waals surface area contributed by atoms with Crippen molar-refractivity contribution in [3.05, 3.63) is 28.2 Å². The number of hydrogen-bond donors (Lipinski definition) is 1. The number of fused-ring (bicyclic) bond motifs is 1. The molecular weight excluding hydrogens is 304 g/mol. The highest BCUT2D eigenvalue weighted by molar-refractivity contribution is 7.98. The number of nitrogens with one attached hydrogen (secondary N) is 1. The number of aromatic nitrogens is 3. The zero-order valence-corrected chi connectivity index (χ0v) is 14.0. The first-order valence-electron chi connectivity index (χ1n) is 6.57. The molecule has 1 N–H and O–H groups in total.